The topological polar surface area (TPSA) is 41.1 Å². The van der Waals surface area contributed by atoms with E-state index in [1.165, 1.54) is 39.8 Å². The molecule has 0 unspecified atom stereocenters. The number of nitrogens with zero attached hydrogens (tertiary/aromatic N) is 3. The molecule has 0 amide bonds. The maximum Gasteiger partial charge on any atom is 0.115 e. The zero-order valence-electron chi connectivity index (χ0n) is 14.4. The Hall–Kier alpha value is -1.82. The summed E-state index contributed by atoms with van der Waals surface area (Å²) in [7, 11) is 0. The van der Waals surface area contributed by atoms with E-state index in [0.29, 0.717) is 6.04 Å². The van der Waals surface area contributed by atoms with Crippen molar-refractivity contribution in [1.29, 1.82) is 0 Å². The van der Waals surface area contributed by atoms with E-state index in [1.807, 2.05) is 23.7 Å². The average Bonchev–Trinajstić information content (AvgIpc) is 2.86. The van der Waals surface area contributed by atoms with Crippen molar-refractivity contribution in [3.63, 3.8) is 0 Å². The van der Waals surface area contributed by atoms with Gasteiger partial charge in [0.25, 0.3) is 0 Å². The van der Waals surface area contributed by atoms with Crippen LogP contribution < -0.4 is 5.32 Å². The third kappa shape index (κ3) is 4.24. The summed E-state index contributed by atoms with van der Waals surface area (Å²) in [6.07, 6.45) is 9.21. The second kappa shape index (κ2) is 8.04. The van der Waals surface area contributed by atoms with Gasteiger partial charge in [0, 0.05) is 46.7 Å². The first-order valence-corrected chi connectivity index (χ1v) is 9.86. The van der Waals surface area contributed by atoms with Crippen molar-refractivity contribution >= 4 is 21.4 Å². The molecule has 1 saturated heterocycles. The smallest absolute Gasteiger partial charge is 0.115 e. The molecule has 0 aliphatic carbocycles. The highest BCUT2D eigenvalue weighted by atomic mass is 32.1. The van der Waals surface area contributed by atoms with Crippen molar-refractivity contribution < 1.29 is 0 Å². The van der Waals surface area contributed by atoms with Crippen LogP contribution in [-0.2, 0) is 13.1 Å². The van der Waals surface area contributed by atoms with Crippen molar-refractivity contribution in [2.75, 3.05) is 13.1 Å². The van der Waals surface area contributed by atoms with Gasteiger partial charge in [-0.15, -0.1) is 11.3 Å². The molecule has 0 bridgehead atoms. The molecule has 1 aliphatic rings. The Labute approximate surface area is 152 Å². The lowest BCUT2D eigenvalue weighted by atomic mass is 10.1. The Morgan fingerprint density at radius 3 is 2.84 bits per heavy atom. The Morgan fingerprint density at radius 2 is 1.96 bits per heavy atom. The molecule has 5 heteroatoms. The first kappa shape index (κ1) is 16.6. The van der Waals surface area contributed by atoms with E-state index in [1.54, 1.807) is 6.33 Å². The van der Waals surface area contributed by atoms with Crippen LogP contribution in [0.25, 0.3) is 10.1 Å². The Morgan fingerprint density at radius 1 is 1.08 bits per heavy atom. The standard InChI is InChI=1S/C20H24N4S/c1-2-6-20-17(4-1)10-19(25-20)14-24(13-16-11-22-15-23-12-16)18-5-3-8-21-9-7-18/h1-2,4,6,10-12,15,18,21H,3,5,7-9,13-14H2/t18-/m1/s1. The van der Waals surface area contributed by atoms with Gasteiger partial charge in [-0.25, -0.2) is 9.97 Å². The second-order valence-electron chi connectivity index (χ2n) is 6.74. The fourth-order valence-corrected chi connectivity index (χ4v) is 4.73. The Bertz CT molecular complexity index is 761. The van der Waals surface area contributed by atoms with E-state index in [9.17, 15) is 0 Å². The van der Waals surface area contributed by atoms with Gasteiger partial charge in [-0.2, -0.15) is 0 Å². The molecule has 3 heterocycles. The summed E-state index contributed by atoms with van der Waals surface area (Å²) in [6, 6.07) is 11.6. The quantitative estimate of drug-likeness (QED) is 0.757. The lowest BCUT2D eigenvalue weighted by Crippen LogP contribution is -2.35. The summed E-state index contributed by atoms with van der Waals surface area (Å²) in [4.78, 5) is 12.5. The highest BCUT2D eigenvalue weighted by molar-refractivity contribution is 7.19. The second-order valence-corrected chi connectivity index (χ2v) is 7.91. The number of hydrogen-bond acceptors (Lipinski definition) is 5. The molecule has 0 spiro atoms. The molecule has 0 saturated carbocycles. The van der Waals surface area contributed by atoms with Crippen molar-refractivity contribution in [1.82, 2.24) is 20.2 Å². The molecule has 1 atom stereocenters. The first-order valence-electron chi connectivity index (χ1n) is 9.04. The van der Waals surface area contributed by atoms with Crippen LogP contribution >= 0.6 is 11.3 Å². The summed E-state index contributed by atoms with van der Waals surface area (Å²) in [5.41, 5.74) is 1.20. The van der Waals surface area contributed by atoms with E-state index in [0.717, 1.165) is 26.2 Å². The molecule has 1 aromatic carbocycles. The maximum atomic E-state index is 4.20. The summed E-state index contributed by atoms with van der Waals surface area (Å²) >= 11 is 1.92. The molecule has 4 nitrogen and oxygen atoms in total. The molecule has 2 aromatic heterocycles. The fraction of sp³-hybridized carbons (Fsp3) is 0.400. The highest BCUT2D eigenvalue weighted by Gasteiger charge is 2.21. The number of rotatable bonds is 5. The van der Waals surface area contributed by atoms with Crippen molar-refractivity contribution in [3.05, 3.63) is 59.5 Å². The minimum Gasteiger partial charge on any atom is -0.317 e. The zero-order valence-corrected chi connectivity index (χ0v) is 15.2. The molecule has 1 N–H and O–H groups in total. The Balaban J connectivity index is 1.57. The molecule has 0 radical (unpaired) electrons. The van der Waals surface area contributed by atoms with Gasteiger partial charge in [0.1, 0.15) is 6.33 Å². The zero-order chi connectivity index (χ0) is 16.9. The SMILES string of the molecule is c1ccc2sc(CN(Cc3cncnc3)[C@@H]3CCCNCC3)cc2c1. The van der Waals surface area contributed by atoms with Crippen LogP contribution in [0, 0.1) is 0 Å². The van der Waals surface area contributed by atoms with Crippen LogP contribution in [0.1, 0.15) is 29.7 Å². The molecule has 1 fully saturated rings. The van der Waals surface area contributed by atoms with Crippen LogP contribution in [0.2, 0.25) is 0 Å². The van der Waals surface area contributed by atoms with Crippen molar-refractivity contribution in [2.24, 2.45) is 0 Å². The van der Waals surface area contributed by atoms with Crippen LogP contribution in [-0.4, -0.2) is 34.0 Å². The molecule has 130 valence electrons. The van der Waals surface area contributed by atoms with Gasteiger partial charge in [0.15, 0.2) is 0 Å². The minimum atomic E-state index is 0.611. The number of fused-ring (bicyclic) bond motifs is 1. The summed E-state index contributed by atoms with van der Waals surface area (Å²) in [5.74, 6) is 0. The molecule has 25 heavy (non-hydrogen) atoms. The van der Waals surface area contributed by atoms with E-state index >= 15 is 0 Å². The van der Waals surface area contributed by atoms with Gasteiger partial charge in [-0.3, -0.25) is 4.90 Å². The van der Waals surface area contributed by atoms with Gasteiger partial charge in [-0.05, 0) is 49.9 Å². The van der Waals surface area contributed by atoms with Crippen molar-refractivity contribution in [3.8, 4) is 0 Å². The number of hydrogen-bond donors (Lipinski definition) is 1. The molecule has 3 aromatic rings. The predicted molar refractivity (Wildman–Crippen MR) is 104 cm³/mol. The van der Waals surface area contributed by atoms with Crippen LogP contribution in [0.15, 0.2) is 49.1 Å². The van der Waals surface area contributed by atoms with Gasteiger partial charge < -0.3 is 5.32 Å². The van der Waals surface area contributed by atoms with Crippen LogP contribution in [0.3, 0.4) is 0 Å². The fourth-order valence-electron chi connectivity index (χ4n) is 3.64. The molecular formula is C20H24N4S. The normalized spacial score (nSPS) is 18.5. The summed E-state index contributed by atoms with van der Waals surface area (Å²) in [6.45, 7) is 4.17. The molecule has 1 aliphatic heterocycles. The number of thiophene rings is 1. The van der Waals surface area contributed by atoms with Crippen LogP contribution in [0.5, 0.6) is 0 Å². The lowest BCUT2D eigenvalue weighted by Gasteiger charge is -2.30. The van der Waals surface area contributed by atoms with Crippen molar-refractivity contribution in [2.45, 2.75) is 38.4 Å². The monoisotopic (exact) mass is 352 g/mol. The van der Waals surface area contributed by atoms with Gasteiger partial charge >= 0.3 is 0 Å². The minimum absolute atomic E-state index is 0.611. The Kier molecular flexibility index (Phi) is 5.35. The van der Waals surface area contributed by atoms with Crippen LogP contribution in [0.4, 0.5) is 0 Å². The summed E-state index contributed by atoms with van der Waals surface area (Å²) < 4.78 is 1.38. The number of benzene rings is 1. The lowest BCUT2D eigenvalue weighted by molar-refractivity contribution is 0.165. The summed E-state index contributed by atoms with van der Waals surface area (Å²) in [5, 5.41) is 4.89. The molecular weight excluding hydrogens is 328 g/mol. The van der Waals surface area contributed by atoms with E-state index in [4.69, 9.17) is 0 Å². The van der Waals surface area contributed by atoms with Gasteiger partial charge in [-0.1, -0.05) is 18.2 Å². The maximum absolute atomic E-state index is 4.20. The first-order chi connectivity index (χ1) is 12.4. The van der Waals surface area contributed by atoms with E-state index in [-0.39, 0.29) is 0 Å². The third-order valence-electron chi connectivity index (χ3n) is 4.90. The van der Waals surface area contributed by atoms with Gasteiger partial charge in [0.2, 0.25) is 0 Å². The largest absolute Gasteiger partial charge is 0.317 e. The van der Waals surface area contributed by atoms with E-state index < -0.39 is 0 Å². The number of nitrogens with one attached hydrogen (secondary N) is 1. The van der Waals surface area contributed by atoms with Gasteiger partial charge in [0.05, 0.1) is 0 Å². The third-order valence-corrected chi connectivity index (χ3v) is 6.00. The number of aromatic nitrogens is 2. The highest BCUT2D eigenvalue weighted by Crippen LogP contribution is 2.28. The molecule has 4 rings (SSSR count). The average molecular weight is 353 g/mol. The predicted octanol–water partition coefficient (Wildman–Crippen LogP) is 3.84. The van der Waals surface area contributed by atoms with E-state index in [2.05, 4.69) is 50.5 Å².